The number of hydrogen-bond donors (Lipinski definition) is 3. The molecule has 9 heteroatoms. The number of phenols is 2. The van der Waals surface area contributed by atoms with Crippen LogP contribution in [-0.2, 0) is 0 Å². The van der Waals surface area contributed by atoms with Gasteiger partial charge in [-0.2, -0.15) is 0 Å². The van der Waals surface area contributed by atoms with Crippen molar-refractivity contribution in [3.63, 3.8) is 0 Å². The molecule has 0 saturated heterocycles. The molecule has 1 aliphatic rings. The van der Waals surface area contributed by atoms with Crippen LogP contribution in [0.2, 0.25) is 0 Å². The molecule has 3 aromatic carbocycles. The average molecular weight is 415 g/mol. The number of ether oxygens (including phenoxy) is 1. The van der Waals surface area contributed by atoms with Crippen LogP contribution in [0.15, 0.2) is 36.4 Å². The minimum absolute atomic E-state index is 0.156. The molecule has 0 saturated carbocycles. The first kappa shape index (κ1) is 19.3. The largest absolute Gasteiger partial charge is 0.507 e. The van der Waals surface area contributed by atoms with E-state index in [0.29, 0.717) is 5.75 Å². The zero-order valence-electron chi connectivity index (χ0n) is 15.2. The maximum absolute atomic E-state index is 15.2. The van der Waals surface area contributed by atoms with Gasteiger partial charge in [0.1, 0.15) is 22.9 Å². The van der Waals surface area contributed by atoms with Crippen molar-refractivity contribution < 1.29 is 37.7 Å². The number of fused-ring (bicyclic) bond motifs is 2. The first-order valence-electron chi connectivity index (χ1n) is 8.52. The molecular weight excluding hydrogens is 403 g/mol. The highest BCUT2D eigenvalue weighted by molar-refractivity contribution is 6.30. The molecule has 0 aromatic heterocycles. The van der Waals surface area contributed by atoms with Gasteiger partial charge in [0.15, 0.2) is 17.5 Å². The number of ketones is 2. The lowest BCUT2D eigenvalue weighted by Crippen LogP contribution is -2.26. The van der Waals surface area contributed by atoms with Gasteiger partial charge in [0.25, 0.3) is 0 Å². The smallest absolute Gasteiger partial charge is 0.201 e. The fourth-order valence-corrected chi connectivity index (χ4v) is 3.31. The van der Waals surface area contributed by atoms with Gasteiger partial charge in [-0.25, -0.2) is 13.2 Å². The van der Waals surface area contributed by atoms with Gasteiger partial charge in [-0.15, -0.1) is 0 Å². The topological polar surface area (TPSA) is 95.9 Å². The van der Waals surface area contributed by atoms with E-state index in [1.807, 2.05) is 0 Å². The van der Waals surface area contributed by atoms with Gasteiger partial charge in [-0.05, 0) is 36.4 Å². The summed E-state index contributed by atoms with van der Waals surface area (Å²) >= 11 is 0. The fourth-order valence-electron chi connectivity index (χ4n) is 3.31. The van der Waals surface area contributed by atoms with Crippen LogP contribution in [-0.4, -0.2) is 28.9 Å². The van der Waals surface area contributed by atoms with E-state index in [4.69, 9.17) is 4.74 Å². The molecule has 4 rings (SSSR count). The lowest BCUT2D eigenvalue weighted by Gasteiger charge is -2.22. The van der Waals surface area contributed by atoms with Crippen molar-refractivity contribution in [3.05, 3.63) is 76.1 Å². The average Bonchev–Trinajstić information content (AvgIpc) is 2.74. The Morgan fingerprint density at radius 2 is 1.23 bits per heavy atom. The summed E-state index contributed by atoms with van der Waals surface area (Å²) in [5, 5.41) is 22.2. The highest BCUT2D eigenvalue weighted by Crippen LogP contribution is 2.42. The molecular formula is C21H12F3NO5. The maximum atomic E-state index is 15.2. The molecule has 30 heavy (non-hydrogen) atoms. The van der Waals surface area contributed by atoms with Gasteiger partial charge in [0, 0.05) is 5.69 Å². The Labute approximate surface area is 167 Å². The standard InChI is InChI=1S/C21H12F3NO5/c1-30-9-4-2-8(3-5-9)25-19-17(23)15-14(16(22)18(19)24)20(28)12-10(26)6-7-11(27)13(12)21(15)29/h2-7,25-27H,1H3. The molecule has 0 spiro atoms. The van der Waals surface area contributed by atoms with Crippen LogP contribution in [0.25, 0.3) is 0 Å². The number of hydrogen-bond acceptors (Lipinski definition) is 6. The second-order valence-electron chi connectivity index (χ2n) is 6.43. The number of rotatable bonds is 3. The summed E-state index contributed by atoms with van der Waals surface area (Å²) in [6.45, 7) is 0. The monoisotopic (exact) mass is 415 g/mol. The van der Waals surface area contributed by atoms with Crippen LogP contribution in [0.1, 0.15) is 31.8 Å². The summed E-state index contributed by atoms with van der Waals surface area (Å²) in [6.07, 6.45) is 0. The van der Waals surface area contributed by atoms with Crippen molar-refractivity contribution in [2.75, 3.05) is 12.4 Å². The molecule has 0 unspecified atom stereocenters. The van der Waals surface area contributed by atoms with Crippen molar-refractivity contribution >= 4 is 22.9 Å². The second kappa shape index (κ2) is 6.80. The fraction of sp³-hybridized carbons (Fsp3) is 0.0476. The summed E-state index contributed by atoms with van der Waals surface area (Å²) in [6, 6.07) is 7.62. The number of carbonyl (C=O) groups is 2. The number of benzene rings is 3. The molecule has 0 amide bonds. The third-order valence-corrected chi connectivity index (χ3v) is 4.75. The van der Waals surface area contributed by atoms with Gasteiger partial charge in [0.05, 0.1) is 29.4 Å². The second-order valence-corrected chi connectivity index (χ2v) is 6.43. The van der Waals surface area contributed by atoms with Crippen molar-refractivity contribution in [2.45, 2.75) is 0 Å². The molecule has 0 atom stereocenters. The molecule has 0 aliphatic heterocycles. The minimum atomic E-state index is -1.76. The molecule has 3 aromatic rings. The quantitative estimate of drug-likeness (QED) is 0.345. The van der Waals surface area contributed by atoms with E-state index < -0.39 is 68.5 Å². The zero-order chi connectivity index (χ0) is 21.7. The zero-order valence-corrected chi connectivity index (χ0v) is 15.2. The molecule has 152 valence electrons. The van der Waals surface area contributed by atoms with Gasteiger partial charge in [0.2, 0.25) is 11.6 Å². The highest BCUT2D eigenvalue weighted by Gasteiger charge is 2.41. The number of methoxy groups -OCH3 is 1. The van der Waals surface area contributed by atoms with Crippen LogP contribution in [0, 0.1) is 17.5 Å². The van der Waals surface area contributed by atoms with Crippen molar-refractivity contribution in [3.8, 4) is 17.2 Å². The number of anilines is 2. The predicted molar refractivity (Wildman–Crippen MR) is 99.2 cm³/mol. The van der Waals surface area contributed by atoms with Crippen LogP contribution in [0.3, 0.4) is 0 Å². The van der Waals surface area contributed by atoms with E-state index in [0.717, 1.165) is 12.1 Å². The van der Waals surface area contributed by atoms with E-state index in [-0.39, 0.29) is 5.69 Å². The number of carbonyl (C=O) groups excluding carboxylic acids is 2. The first-order valence-corrected chi connectivity index (χ1v) is 8.52. The van der Waals surface area contributed by atoms with Crippen molar-refractivity contribution in [1.29, 1.82) is 0 Å². The Morgan fingerprint density at radius 1 is 0.733 bits per heavy atom. The Bertz CT molecular complexity index is 1240. The van der Waals surface area contributed by atoms with E-state index in [2.05, 4.69) is 5.32 Å². The third kappa shape index (κ3) is 2.66. The van der Waals surface area contributed by atoms with E-state index in [9.17, 15) is 28.6 Å². The third-order valence-electron chi connectivity index (χ3n) is 4.75. The van der Waals surface area contributed by atoms with Gasteiger partial charge >= 0.3 is 0 Å². The van der Waals surface area contributed by atoms with Gasteiger partial charge in [-0.3, -0.25) is 9.59 Å². The first-order chi connectivity index (χ1) is 14.3. The van der Waals surface area contributed by atoms with E-state index in [1.165, 1.54) is 31.4 Å². The van der Waals surface area contributed by atoms with Crippen LogP contribution >= 0.6 is 0 Å². The summed E-state index contributed by atoms with van der Waals surface area (Å²) in [5.74, 6) is -8.53. The van der Waals surface area contributed by atoms with Crippen LogP contribution in [0.5, 0.6) is 17.2 Å². The Balaban J connectivity index is 1.92. The molecule has 0 radical (unpaired) electrons. The predicted octanol–water partition coefficient (Wildman–Crippen LogP) is 4.04. The summed E-state index contributed by atoms with van der Waals surface area (Å²) in [4.78, 5) is 25.5. The Hall–Kier alpha value is -4.01. The maximum Gasteiger partial charge on any atom is 0.201 e. The number of aromatic hydroxyl groups is 2. The SMILES string of the molecule is COc1ccc(Nc2c(F)c(F)c3c(c2F)C(=O)c2c(O)ccc(O)c2C3=O)cc1. The molecule has 3 N–H and O–H groups in total. The summed E-state index contributed by atoms with van der Waals surface area (Å²) < 4.78 is 49.6. The van der Waals surface area contributed by atoms with Crippen LogP contribution < -0.4 is 10.1 Å². The highest BCUT2D eigenvalue weighted by atomic mass is 19.2. The molecule has 0 heterocycles. The lowest BCUT2D eigenvalue weighted by molar-refractivity contribution is 0.0966. The molecule has 0 fully saturated rings. The lowest BCUT2D eigenvalue weighted by atomic mass is 9.82. The Morgan fingerprint density at radius 3 is 1.73 bits per heavy atom. The summed E-state index contributed by atoms with van der Waals surface area (Å²) in [5.41, 5.74) is -4.43. The van der Waals surface area contributed by atoms with Gasteiger partial charge < -0.3 is 20.3 Å². The molecule has 6 nitrogen and oxygen atoms in total. The molecule has 0 bridgehead atoms. The van der Waals surface area contributed by atoms with Crippen molar-refractivity contribution in [2.24, 2.45) is 0 Å². The number of phenolic OH excluding ortho intramolecular Hbond substituents is 2. The van der Waals surface area contributed by atoms with E-state index in [1.54, 1.807) is 0 Å². The van der Waals surface area contributed by atoms with Crippen LogP contribution in [0.4, 0.5) is 24.5 Å². The minimum Gasteiger partial charge on any atom is -0.507 e. The van der Waals surface area contributed by atoms with Crippen molar-refractivity contribution in [1.82, 2.24) is 0 Å². The van der Waals surface area contributed by atoms with E-state index >= 15 is 4.39 Å². The number of nitrogens with one attached hydrogen (secondary N) is 1. The number of halogens is 3. The normalized spacial score (nSPS) is 12.4. The Kier molecular flexibility index (Phi) is 4.38. The van der Waals surface area contributed by atoms with Gasteiger partial charge in [-0.1, -0.05) is 0 Å². The molecule has 1 aliphatic carbocycles. The summed E-state index contributed by atoms with van der Waals surface area (Å²) in [7, 11) is 1.42.